The van der Waals surface area contributed by atoms with Crippen molar-refractivity contribution in [2.75, 3.05) is 20.2 Å². The number of piperidine rings is 1. The predicted molar refractivity (Wildman–Crippen MR) is 161 cm³/mol. The van der Waals surface area contributed by atoms with Crippen LogP contribution in [0.5, 0.6) is 5.75 Å². The number of rotatable bonds is 7. The number of benzene rings is 2. The Morgan fingerprint density at radius 1 is 0.930 bits per heavy atom. The summed E-state index contributed by atoms with van der Waals surface area (Å²) in [5.41, 5.74) is 4.99. The van der Waals surface area contributed by atoms with Crippen molar-refractivity contribution in [3.8, 4) is 5.75 Å². The van der Waals surface area contributed by atoms with Crippen LogP contribution in [0.3, 0.4) is 0 Å². The van der Waals surface area contributed by atoms with E-state index in [0.717, 1.165) is 68.6 Å². The van der Waals surface area contributed by atoms with Gasteiger partial charge in [-0.1, -0.05) is 12.1 Å². The Labute approximate surface area is 251 Å². The molecule has 7 rings (SSSR count). The van der Waals surface area contributed by atoms with Crippen LogP contribution in [0.4, 0.5) is 0 Å². The maximum Gasteiger partial charge on any atom is 0.255 e. The molecule has 2 saturated heterocycles. The maximum absolute atomic E-state index is 13.0. The first-order chi connectivity index (χ1) is 20.9. The molecule has 4 aliphatic rings. The van der Waals surface area contributed by atoms with Gasteiger partial charge in [0.15, 0.2) is 0 Å². The fraction of sp³-hybridized carbons (Fsp3) is 0.471. The first-order valence-electron chi connectivity index (χ1n) is 15.5. The van der Waals surface area contributed by atoms with Crippen molar-refractivity contribution in [2.24, 2.45) is 0 Å². The van der Waals surface area contributed by atoms with E-state index in [1.54, 1.807) is 11.0 Å². The van der Waals surface area contributed by atoms with Crippen LogP contribution in [0.2, 0.25) is 0 Å². The van der Waals surface area contributed by atoms with Crippen molar-refractivity contribution in [3.05, 3.63) is 70.9 Å². The van der Waals surface area contributed by atoms with Gasteiger partial charge in [0.05, 0.1) is 11.6 Å². The molecule has 1 unspecified atom stereocenters. The van der Waals surface area contributed by atoms with E-state index in [1.165, 1.54) is 16.6 Å². The molecule has 1 aliphatic carbocycles. The zero-order valence-electron chi connectivity index (χ0n) is 24.6. The van der Waals surface area contributed by atoms with E-state index >= 15 is 0 Å². The molecule has 1 N–H and O–H groups in total. The lowest BCUT2D eigenvalue weighted by atomic mass is 9.85. The number of fused-ring (bicyclic) bond motifs is 2. The van der Waals surface area contributed by atoms with Crippen LogP contribution in [0, 0.1) is 0 Å². The molecule has 9 heteroatoms. The second kappa shape index (κ2) is 11.7. The minimum atomic E-state index is -0.612. The molecule has 3 aliphatic heterocycles. The molecule has 0 bridgehead atoms. The standard InChI is InChI=1S/C34H38N4O5/c1-42-25-6-3-22(4-7-25)29-11-5-23-16-21(2-10-30(23)35-29)18-37-15-14-27(20-37)43-26-8-9-28-24(17-26)19-38(34(28)41)31-12-13-32(39)36-33(31)40/h2,5,8-11,16-17,22,25,27,31H,3-4,6-7,12-15,18-20H2,1H3,(H,36,39,40)/t22-,25+,27-,31?/m0/s1. The van der Waals surface area contributed by atoms with Crippen LogP contribution in [-0.2, 0) is 27.4 Å². The van der Waals surface area contributed by atoms with Gasteiger partial charge >= 0.3 is 0 Å². The first-order valence-corrected chi connectivity index (χ1v) is 15.5. The molecule has 1 saturated carbocycles. The monoisotopic (exact) mass is 582 g/mol. The van der Waals surface area contributed by atoms with Crippen LogP contribution in [0.1, 0.15) is 78.0 Å². The summed E-state index contributed by atoms with van der Waals surface area (Å²) in [6, 6.07) is 16.0. The Morgan fingerprint density at radius 2 is 1.79 bits per heavy atom. The van der Waals surface area contributed by atoms with Crippen molar-refractivity contribution in [2.45, 2.75) is 82.2 Å². The third-order valence-electron chi connectivity index (χ3n) is 9.63. The third kappa shape index (κ3) is 5.76. The highest BCUT2D eigenvalue weighted by molar-refractivity contribution is 6.05. The van der Waals surface area contributed by atoms with Crippen molar-refractivity contribution in [1.29, 1.82) is 0 Å². The number of carbonyl (C=O) groups is 3. The Bertz CT molecular complexity index is 1570. The minimum absolute atomic E-state index is 0.0688. The van der Waals surface area contributed by atoms with E-state index in [1.807, 2.05) is 19.2 Å². The summed E-state index contributed by atoms with van der Waals surface area (Å²) in [5.74, 6) is 0.417. The largest absolute Gasteiger partial charge is 0.489 e. The van der Waals surface area contributed by atoms with Crippen molar-refractivity contribution in [1.82, 2.24) is 20.1 Å². The lowest BCUT2D eigenvalue weighted by Gasteiger charge is -2.29. The second-order valence-electron chi connectivity index (χ2n) is 12.5. The fourth-order valence-electron chi connectivity index (χ4n) is 7.22. The topological polar surface area (TPSA) is 101 Å². The van der Waals surface area contributed by atoms with Crippen LogP contribution in [0.15, 0.2) is 48.5 Å². The number of aromatic nitrogens is 1. The third-order valence-corrected chi connectivity index (χ3v) is 9.63. The summed E-state index contributed by atoms with van der Waals surface area (Å²) >= 11 is 0. The quantitative estimate of drug-likeness (QED) is 0.414. The van der Waals surface area contributed by atoms with Gasteiger partial charge < -0.3 is 14.4 Å². The number of methoxy groups -OCH3 is 1. The summed E-state index contributed by atoms with van der Waals surface area (Å²) < 4.78 is 11.9. The minimum Gasteiger partial charge on any atom is -0.489 e. The van der Waals surface area contributed by atoms with Gasteiger partial charge in [-0.2, -0.15) is 0 Å². The molecule has 2 atom stereocenters. The number of pyridine rings is 1. The molecule has 2 aromatic carbocycles. The van der Waals surface area contributed by atoms with Gasteiger partial charge in [-0.05, 0) is 86.1 Å². The van der Waals surface area contributed by atoms with Gasteiger partial charge in [0, 0.05) is 62.3 Å². The number of ether oxygens (including phenoxy) is 2. The summed E-state index contributed by atoms with van der Waals surface area (Å²) in [6.07, 6.45) is 6.49. The van der Waals surface area contributed by atoms with Crippen molar-refractivity contribution in [3.63, 3.8) is 0 Å². The van der Waals surface area contributed by atoms with E-state index in [9.17, 15) is 14.4 Å². The molecule has 43 heavy (non-hydrogen) atoms. The number of hydrogen-bond acceptors (Lipinski definition) is 7. The lowest BCUT2D eigenvalue weighted by molar-refractivity contribution is -0.136. The van der Waals surface area contributed by atoms with Gasteiger partial charge in [0.1, 0.15) is 17.9 Å². The number of amides is 3. The van der Waals surface area contributed by atoms with Gasteiger partial charge in [-0.3, -0.25) is 29.6 Å². The van der Waals surface area contributed by atoms with Crippen LogP contribution < -0.4 is 10.1 Å². The zero-order valence-corrected chi connectivity index (χ0v) is 24.6. The molecule has 3 fully saturated rings. The smallest absolute Gasteiger partial charge is 0.255 e. The van der Waals surface area contributed by atoms with Gasteiger partial charge in [-0.15, -0.1) is 0 Å². The normalized spacial score (nSPS) is 26.2. The van der Waals surface area contributed by atoms with Gasteiger partial charge in [0.25, 0.3) is 5.91 Å². The Kier molecular flexibility index (Phi) is 7.61. The average molecular weight is 583 g/mol. The number of nitrogens with zero attached hydrogens (tertiary/aromatic N) is 3. The highest BCUT2D eigenvalue weighted by Crippen LogP contribution is 2.34. The molecule has 0 spiro atoms. The van der Waals surface area contributed by atoms with E-state index in [4.69, 9.17) is 14.5 Å². The number of carbonyl (C=O) groups excluding carboxylic acids is 3. The summed E-state index contributed by atoms with van der Waals surface area (Å²) in [6.45, 7) is 2.99. The molecule has 224 valence electrons. The fourth-order valence-corrected chi connectivity index (χ4v) is 7.22. The number of imide groups is 1. The van der Waals surface area contributed by atoms with Gasteiger partial charge in [0.2, 0.25) is 11.8 Å². The number of hydrogen-bond donors (Lipinski definition) is 1. The summed E-state index contributed by atoms with van der Waals surface area (Å²) in [4.78, 5) is 45.9. The summed E-state index contributed by atoms with van der Waals surface area (Å²) in [7, 11) is 1.81. The highest BCUT2D eigenvalue weighted by Gasteiger charge is 2.39. The molecule has 3 aromatic rings. The van der Waals surface area contributed by atoms with Crippen LogP contribution in [0.25, 0.3) is 10.9 Å². The van der Waals surface area contributed by atoms with E-state index in [2.05, 4.69) is 40.5 Å². The van der Waals surface area contributed by atoms with E-state index in [-0.39, 0.29) is 24.3 Å². The summed E-state index contributed by atoms with van der Waals surface area (Å²) in [5, 5.41) is 3.53. The average Bonchev–Trinajstić information content (AvgIpc) is 3.59. The number of likely N-dealkylation sites (tertiary alicyclic amines) is 1. The highest BCUT2D eigenvalue weighted by atomic mass is 16.5. The van der Waals surface area contributed by atoms with Crippen molar-refractivity contribution >= 4 is 28.6 Å². The SMILES string of the molecule is CO[C@H]1CC[C@@H](c2ccc3cc(CN4CC[C@H](Oc5ccc6c(c5)CN(C5CCC(=O)NC5=O)C6=O)C4)ccc3n2)CC1. The molecule has 1 aromatic heterocycles. The number of nitrogens with one attached hydrogen (secondary N) is 1. The Hall–Kier alpha value is -3.82. The molecular formula is C34H38N4O5. The molecule has 0 radical (unpaired) electrons. The zero-order chi connectivity index (χ0) is 29.5. The molecule has 4 heterocycles. The lowest BCUT2D eigenvalue weighted by Crippen LogP contribution is -2.52. The first kappa shape index (κ1) is 28.0. The maximum atomic E-state index is 13.0. The Balaban J connectivity index is 0.945. The molecular weight excluding hydrogens is 544 g/mol. The second-order valence-corrected chi connectivity index (χ2v) is 12.5. The predicted octanol–water partition coefficient (Wildman–Crippen LogP) is 4.32. The van der Waals surface area contributed by atoms with E-state index in [0.29, 0.717) is 30.6 Å². The van der Waals surface area contributed by atoms with Crippen LogP contribution >= 0.6 is 0 Å². The molecule has 3 amide bonds. The van der Waals surface area contributed by atoms with Crippen LogP contribution in [-0.4, -0.2) is 71.0 Å². The Morgan fingerprint density at radius 3 is 2.60 bits per heavy atom. The van der Waals surface area contributed by atoms with Crippen molar-refractivity contribution < 1.29 is 23.9 Å². The van der Waals surface area contributed by atoms with E-state index < -0.39 is 11.9 Å². The van der Waals surface area contributed by atoms with Gasteiger partial charge in [-0.25, -0.2) is 0 Å². The molecule has 9 nitrogen and oxygen atoms in total.